The van der Waals surface area contributed by atoms with Crippen LogP contribution in [0.2, 0.25) is 5.02 Å². The van der Waals surface area contributed by atoms with Gasteiger partial charge in [-0.25, -0.2) is 4.98 Å². The van der Waals surface area contributed by atoms with E-state index in [1.54, 1.807) is 6.20 Å². The standard InChI is InChI=1S/C10H8ClN5O3/c11-8-1-7(16(17)18)2-12-10(8)15-13-3-9(14-15)6-4-19-5-6/h1-3,6H,4-5H2. The van der Waals surface area contributed by atoms with Crippen molar-refractivity contribution in [2.45, 2.75) is 5.92 Å². The molecule has 0 aliphatic carbocycles. The molecule has 1 aliphatic heterocycles. The number of rotatable bonds is 3. The number of hydrogen-bond acceptors (Lipinski definition) is 6. The molecule has 0 unspecified atom stereocenters. The lowest BCUT2D eigenvalue weighted by molar-refractivity contribution is -0.385. The fraction of sp³-hybridized carbons (Fsp3) is 0.300. The van der Waals surface area contributed by atoms with Crippen molar-refractivity contribution < 1.29 is 9.66 Å². The molecule has 0 amide bonds. The molecule has 0 aromatic carbocycles. The largest absolute Gasteiger partial charge is 0.380 e. The number of ether oxygens (including phenoxy) is 1. The van der Waals surface area contributed by atoms with Crippen LogP contribution in [0.4, 0.5) is 5.69 Å². The van der Waals surface area contributed by atoms with Crippen molar-refractivity contribution in [1.82, 2.24) is 20.0 Å². The summed E-state index contributed by atoms with van der Waals surface area (Å²) in [4.78, 5) is 15.2. The van der Waals surface area contributed by atoms with Crippen molar-refractivity contribution in [3.05, 3.63) is 39.3 Å². The van der Waals surface area contributed by atoms with Gasteiger partial charge in [-0.05, 0) is 0 Å². The summed E-state index contributed by atoms with van der Waals surface area (Å²) in [6.45, 7) is 1.25. The smallest absolute Gasteiger partial charge is 0.289 e. The van der Waals surface area contributed by atoms with Gasteiger partial charge in [-0.15, -0.1) is 4.80 Å². The lowest BCUT2D eigenvalue weighted by Crippen LogP contribution is -2.25. The minimum Gasteiger partial charge on any atom is -0.380 e. The number of hydrogen-bond donors (Lipinski definition) is 0. The Bertz CT molecular complexity index is 640. The van der Waals surface area contributed by atoms with E-state index in [0.29, 0.717) is 13.2 Å². The highest BCUT2D eigenvalue weighted by Crippen LogP contribution is 2.24. The van der Waals surface area contributed by atoms with Crippen LogP contribution in [0.25, 0.3) is 5.82 Å². The molecule has 2 aromatic rings. The van der Waals surface area contributed by atoms with Crippen LogP contribution in [0.1, 0.15) is 11.6 Å². The Morgan fingerprint density at radius 1 is 1.47 bits per heavy atom. The molecule has 98 valence electrons. The van der Waals surface area contributed by atoms with Gasteiger partial charge in [0.25, 0.3) is 5.69 Å². The molecule has 0 radical (unpaired) electrons. The Labute approximate surface area is 112 Å². The molecule has 2 aromatic heterocycles. The summed E-state index contributed by atoms with van der Waals surface area (Å²) >= 11 is 5.95. The third-order valence-electron chi connectivity index (χ3n) is 2.77. The SMILES string of the molecule is O=[N+]([O-])c1cnc(-n2ncc(C3COC3)n2)c(Cl)c1. The Hall–Kier alpha value is -2.06. The van der Waals surface area contributed by atoms with E-state index in [0.717, 1.165) is 11.9 Å². The zero-order valence-electron chi connectivity index (χ0n) is 9.56. The van der Waals surface area contributed by atoms with Crippen LogP contribution >= 0.6 is 11.6 Å². The van der Waals surface area contributed by atoms with Crippen molar-refractivity contribution in [3.8, 4) is 5.82 Å². The van der Waals surface area contributed by atoms with Crippen molar-refractivity contribution >= 4 is 17.3 Å². The molecule has 1 fully saturated rings. The van der Waals surface area contributed by atoms with Crippen molar-refractivity contribution in [2.24, 2.45) is 0 Å². The second-order valence-electron chi connectivity index (χ2n) is 4.05. The predicted molar refractivity (Wildman–Crippen MR) is 64.4 cm³/mol. The zero-order valence-corrected chi connectivity index (χ0v) is 10.3. The maximum atomic E-state index is 10.6. The fourth-order valence-corrected chi connectivity index (χ4v) is 1.87. The van der Waals surface area contributed by atoms with E-state index < -0.39 is 4.92 Å². The first-order valence-electron chi connectivity index (χ1n) is 5.45. The molecule has 8 nitrogen and oxygen atoms in total. The highest BCUT2D eigenvalue weighted by molar-refractivity contribution is 6.32. The van der Waals surface area contributed by atoms with Crippen LogP contribution in [0.5, 0.6) is 0 Å². The monoisotopic (exact) mass is 281 g/mol. The number of nitro groups is 1. The molecule has 0 N–H and O–H groups in total. The third-order valence-corrected chi connectivity index (χ3v) is 3.05. The maximum absolute atomic E-state index is 10.6. The minimum absolute atomic E-state index is 0.126. The average molecular weight is 282 g/mol. The van der Waals surface area contributed by atoms with E-state index in [2.05, 4.69) is 15.2 Å². The lowest BCUT2D eigenvalue weighted by Gasteiger charge is -2.23. The number of pyridine rings is 1. The molecule has 9 heteroatoms. The lowest BCUT2D eigenvalue weighted by atomic mass is 10.1. The average Bonchev–Trinajstić information content (AvgIpc) is 2.75. The van der Waals surface area contributed by atoms with Crippen LogP contribution in [-0.2, 0) is 4.74 Å². The van der Waals surface area contributed by atoms with Crippen molar-refractivity contribution in [1.29, 1.82) is 0 Å². The molecular formula is C10H8ClN5O3. The van der Waals surface area contributed by atoms with Gasteiger partial charge < -0.3 is 4.74 Å². The molecule has 0 saturated carbocycles. The quantitative estimate of drug-likeness (QED) is 0.622. The van der Waals surface area contributed by atoms with Gasteiger partial charge in [-0.3, -0.25) is 10.1 Å². The van der Waals surface area contributed by atoms with Gasteiger partial charge in [0.15, 0.2) is 5.82 Å². The molecule has 0 bridgehead atoms. The fourth-order valence-electron chi connectivity index (χ4n) is 1.64. The van der Waals surface area contributed by atoms with Crippen LogP contribution in [0.15, 0.2) is 18.5 Å². The number of aromatic nitrogens is 4. The van der Waals surface area contributed by atoms with Gasteiger partial charge in [0.2, 0.25) is 0 Å². The molecule has 0 spiro atoms. The van der Waals surface area contributed by atoms with E-state index >= 15 is 0 Å². The van der Waals surface area contributed by atoms with Gasteiger partial charge in [0, 0.05) is 6.07 Å². The van der Waals surface area contributed by atoms with E-state index in [9.17, 15) is 10.1 Å². The summed E-state index contributed by atoms with van der Waals surface area (Å²) in [6.07, 6.45) is 2.74. The first kappa shape index (κ1) is 12.0. The highest BCUT2D eigenvalue weighted by atomic mass is 35.5. The van der Waals surface area contributed by atoms with Crippen LogP contribution in [0, 0.1) is 10.1 Å². The number of nitrogens with zero attached hydrogens (tertiary/aromatic N) is 5. The normalized spacial score (nSPS) is 15.2. The molecule has 1 saturated heterocycles. The Morgan fingerprint density at radius 3 is 2.84 bits per heavy atom. The van der Waals surface area contributed by atoms with E-state index in [-0.39, 0.29) is 22.4 Å². The first-order chi connectivity index (χ1) is 9.15. The van der Waals surface area contributed by atoms with Crippen LogP contribution < -0.4 is 0 Å². The molecule has 19 heavy (non-hydrogen) atoms. The Balaban J connectivity index is 1.93. The Kier molecular flexibility index (Phi) is 2.88. The summed E-state index contributed by atoms with van der Waals surface area (Å²) in [5.74, 6) is 0.504. The van der Waals surface area contributed by atoms with Crippen LogP contribution in [-0.4, -0.2) is 38.1 Å². The predicted octanol–water partition coefficient (Wildman–Crippen LogP) is 1.34. The van der Waals surface area contributed by atoms with Crippen molar-refractivity contribution in [3.63, 3.8) is 0 Å². The third kappa shape index (κ3) is 2.15. The second-order valence-corrected chi connectivity index (χ2v) is 4.46. The summed E-state index contributed by atoms with van der Waals surface area (Å²) in [5, 5.41) is 19.0. The summed E-state index contributed by atoms with van der Waals surface area (Å²) in [6, 6.07) is 1.22. The topological polar surface area (TPSA) is 96.0 Å². The molecule has 1 aliphatic rings. The van der Waals surface area contributed by atoms with E-state index in [1.807, 2.05) is 0 Å². The van der Waals surface area contributed by atoms with Gasteiger partial charge >= 0.3 is 0 Å². The molecular weight excluding hydrogens is 274 g/mol. The summed E-state index contributed by atoms with van der Waals surface area (Å²) in [5.41, 5.74) is 0.621. The number of halogens is 1. The summed E-state index contributed by atoms with van der Waals surface area (Å²) < 4.78 is 5.08. The first-order valence-corrected chi connectivity index (χ1v) is 5.83. The second kappa shape index (κ2) is 4.56. The van der Waals surface area contributed by atoms with E-state index in [4.69, 9.17) is 16.3 Å². The van der Waals surface area contributed by atoms with E-state index in [1.165, 1.54) is 10.9 Å². The highest BCUT2D eigenvalue weighted by Gasteiger charge is 2.24. The van der Waals surface area contributed by atoms with Gasteiger partial charge in [-0.1, -0.05) is 11.6 Å². The maximum Gasteiger partial charge on any atom is 0.289 e. The minimum atomic E-state index is -0.559. The summed E-state index contributed by atoms with van der Waals surface area (Å²) in [7, 11) is 0. The molecule has 3 rings (SSSR count). The van der Waals surface area contributed by atoms with Gasteiger partial charge in [0.05, 0.1) is 41.0 Å². The molecule has 3 heterocycles. The van der Waals surface area contributed by atoms with Gasteiger partial charge in [0.1, 0.15) is 6.20 Å². The van der Waals surface area contributed by atoms with Gasteiger partial charge in [-0.2, -0.15) is 10.2 Å². The van der Waals surface area contributed by atoms with Crippen molar-refractivity contribution in [2.75, 3.05) is 13.2 Å². The van der Waals surface area contributed by atoms with Crippen LogP contribution in [0.3, 0.4) is 0 Å². The Morgan fingerprint density at radius 2 is 2.26 bits per heavy atom. The molecule has 0 atom stereocenters. The zero-order chi connectivity index (χ0) is 13.4.